The molecular formula is C21H42NO8P. The van der Waals surface area contributed by atoms with Crippen LogP contribution in [0.2, 0.25) is 0 Å². The average Bonchev–Trinajstić information content (AvgIpc) is 2.75. The highest BCUT2D eigenvalue weighted by molar-refractivity contribution is 7.47. The highest BCUT2D eigenvalue weighted by Crippen LogP contribution is 2.43. The van der Waals surface area contributed by atoms with Gasteiger partial charge >= 0.3 is 19.8 Å². The van der Waals surface area contributed by atoms with Gasteiger partial charge in [0.15, 0.2) is 6.10 Å². The standard InChI is InChI=1S/C21H42NO8P/c1-3-5-6-7-8-9-10-11-12-13-14-21(24)30-19(17-27-20(23)4-2)18-29-31(25,26)28-16-15-22/h19H,3-18,22H2,1-2H3,(H,25,26). The van der Waals surface area contributed by atoms with Gasteiger partial charge in [-0.25, -0.2) is 4.57 Å². The zero-order valence-corrected chi connectivity index (χ0v) is 20.1. The summed E-state index contributed by atoms with van der Waals surface area (Å²) in [6.45, 7) is 3.06. The minimum absolute atomic E-state index is 0.0549. The van der Waals surface area contributed by atoms with Gasteiger partial charge in [0.25, 0.3) is 0 Å². The zero-order valence-electron chi connectivity index (χ0n) is 19.2. The topological polar surface area (TPSA) is 134 Å². The summed E-state index contributed by atoms with van der Waals surface area (Å²) in [5.74, 6) is -0.932. The number of unbranched alkanes of at least 4 members (excludes halogenated alkanes) is 9. The Morgan fingerprint density at radius 2 is 1.45 bits per heavy atom. The molecule has 9 nitrogen and oxygen atoms in total. The van der Waals surface area contributed by atoms with Gasteiger partial charge in [-0.2, -0.15) is 0 Å². The number of hydrogen-bond acceptors (Lipinski definition) is 8. The van der Waals surface area contributed by atoms with Gasteiger partial charge in [-0.15, -0.1) is 0 Å². The SMILES string of the molecule is CCCCCCCCCCCCC(=O)OC(COC(=O)CC)COP(=O)(O)OCCN. The van der Waals surface area contributed by atoms with Crippen molar-refractivity contribution in [2.24, 2.45) is 5.73 Å². The molecule has 0 saturated heterocycles. The van der Waals surface area contributed by atoms with Crippen LogP contribution in [-0.2, 0) is 32.7 Å². The van der Waals surface area contributed by atoms with E-state index in [1.807, 2.05) is 0 Å². The smallest absolute Gasteiger partial charge is 0.462 e. The van der Waals surface area contributed by atoms with E-state index in [-0.39, 0.29) is 32.6 Å². The van der Waals surface area contributed by atoms with Gasteiger partial charge in [0.05, 0.1) is 13.2 Å². The van der Waals surface area contributed by atoms with Gasteiger partial charge in [0.2, 0.25) is 0 Å². The van der Waals surface area contributed by atoms with Crippen LogP contribution in [0.15, 0.2) is 0 Å². The molecule has 0 radical (unpaired) electrons. The third-order valence-corrected chi connectivity index (χ3v) is 5.53. The Hall–Kier alpha value is -0.990. The van der Waals surface area contributed by atoms with Crippen LogP contribution in [0.3, 0.4) is 0 Å². The molecule has 3 N–H and O–H groups in total. The maximum Gasteiger partial charge on any atom is 0.472 e. The van der Waals surface area contributed by atoms with Crippen molar-refractivity contribution < 1.29 is 37.6 Å². The largest absolute Gasteiger partial charge is 0.472 e. The van der Waals surface area contributed by atoms with Crippen LogP contribution in [0.4, 0.5) is 0 Å². The molecule has 0 saturated carbocycles. The van der Waals surface area contributed by atoms with Crippen LogP contribution in [-0.4, -0.2) is 49.3 Å². The maximum absolute atomic E-state index is 12.1. The normalized spacial score (nSPS) is 14.1. The van der Waals surface area contributed by atoms with Crippen LogP contribution in [0.1, 0.15) is 90.9 Å². The van der Waals surface area contributed by atoms with Gasteiger partial charge in [-0.1, -0.05) is 71.6 Å². The molecule has 0 amide bonds. The van der Waals surface area contributed by atoms with E-state index >= 15 is 0 Å². The molecule has 0 spiro atoms. The van der Waals surface area contributed by atoms with Gasteiger partial charge < -0.3 is 20.1 Å². The second kappa shape index (κ2) is 19.7. The molecule has 2 unspecified atom stereocenters. The summed E-state index contributed by atoms with van der Waals surface area (Å²) in [6.07, 6.45) is 11.0. The van der Waals surface area contributed by atoms with Crippen molar-refractivity contribution in [1.82, 2.24) is 0 Å². The fraction of sp³-hybridized carbons (Fsp3) is 0.905. The second-order valence-electron chi connectivity index (χ2n) is 7.47. The summed E-state index contributed by atoms with van der Waals surface area (Å²) < 4.78 is 31.5. The number of hydrogen-bond donors (Lipinski definition) is 2. The molecule has 0 heterocycles. The predicted octanol–water partition coefficient (Wildman–Crippen LogP) is 4.25. The molecular weight excluding hydrogens is 425 g/mol. The van der Waals surface area contributed by atoms with E-state index < -0.39 is 32.5 Å². The van der Waals surface area contributed by atoms with E-state index in [1.54, 1.807) is 6.92 Å². The Labute approximate surface area is 186 Å². The lowest BCUT2D eigenvalue weighted by Crippen LogP contribution is -2.29. The Balaban J connectivity index is 4.17. The highest BCUT2D eigenvalue weighted by Gasteiger charge is 2.25. The van der Waals surface area contributed by atoms with Gasteiger partial charge in [-0.3, -0.25) is 18.6 Å². The number of nitrogens with two attached hydrogens (primary N) is 1. The summed E-state index contributed by atoms with van der Waals surface area (Å²) in [5.41, 5.74) is 5.22. The lowest BCUT2D eigenvalue weighted by atomic mass is 10.1. The lowest BCUT2D eigenvalue weighted by Gasteiger charge is -2.19. The number of carbonyl (C=O) groups excluding carboxylic acids is 2. The van der Waals surface area contributed by atoms with E-state index in [0.717, 1.165) is 12.8 Å². The minimum Gasteiger partial charge on any atom is -0.462 e. The van der Waals surface area contributed by atoms with E-state index in [4.69, 9.17) is 19.7 Å². The van der Waals surface area contributed by atoms with Crippen LogP contribution in [0, 0.1) is 0 Å². The van der Waals surface area contributed by atoms with Crippen molar-refractivity contribution in [3.63, 3.8) is 0 Å². The Bertz CT molecular complexity index is 518. The second-order valence-corrected chi connectivity index (χ2v) is 8.92. The van der Waals surface area contributed by atoms with Crippen LogP contribution >= 0.6 is 7.82 Å². The number of phosphoric acid groups is 1. The Morgan fingerprint density at radius 1 is 0.871 bits per heavy atom. The number of esters is 2. The summed E-state index contributed by atoms with van der Waals surface area (Å²) in [6, 6.07) is 0. The molecule has 184 valence electrons. The first-order valence-electron chi connectivity index (χ1n) is 11.5. The molecule has 0 aromatic carbocycles. The first kappa shape index (κ1) is 30.0. The van der Waals surface area contributed by atoms with E-state index in [2.05, 4.69) is 11.4 Å². The summed E-state index contributed by atoms with van der Waals surface area (Å²) in [5, 5.41) is 0. The van der Waals surface area contributed by atoms with Gasteiger partial charge in [0.1, 0.15) is 6.61 Å². The van der Waals surface area contributed by atoms with Crippen molar-refractivity contribution in [2.45, 2.75) is 97.0 Å². The summed E-state index contributed by atoms with van der Waals surface area (Å²) in [4.78, 5) is 33.0. The highest BCUT2D eigenvalue weighted by atomic mass is 31.2. The van der Waals surface area contributed by atoms with Crippen molar-refractivity contribution >= 4 is 19.8 Å². The first-order valence-corrected chi connectivity index (χ1v) is 13.0. The van der Waals surface area contributed by atoms with Crippen molar-refractivity contribution in [3.05, 3.63) is 0 Å². The number of carbonyl (C=O) groups is 2. The van der Waals surface area contributed by atoms with Crippen molar-refractivity contribution in [3.8, 4) is 0 Å². The summed E-state index contributed by atoms with van der Waals surface area (Å²) in [7, 11) is -4.32. The number of ether oxygens (including phenoxy) is 2. The molecule has 0 bridgehead atoms. The number of rotatable bonds is 21. The Kier molecular flexibility index (Phi) is 19.0. The zero-order chi connectivity index (χ0) is 23.4. The lowest BCUT2D eigenvalue weighted by molar-refractivity contribution is -0.161. The minimum atomic E-state index is -4.32. The fourth-order valence-corrected chi connectivity index (χ4v) is 3.55. The molecule has 0 aliphatic rings. The van der Waals surface area contributed by atoms with Gasteiger partial charge in [0, 0.05) is 19.4 Å². The third-order valence-electron chi connectivity index (χ3n) is 4.55. The molecule has 0 aliphatic heterocycles. The molecule has 0 aromatic heterocycles. The van der Waals surface area contributed by atoms with Crippen molar-refractivity contribution in [1.29, 1.82) is 0 Å². The van der Waals surface area contributed by atoms with Crippen LogP contribution in [0.5, 0.6) is 0 Å². The average molecular weight is 468 g/mol. The van der Waals surface area contributed by atoms with Crippen LogP contribution in [0.25, 0.3) is 0 Å². The van der Waals surface area contributed by atoms with E-state index in [1.165, 1.54) is 44.9 Å². The maximum atomic E-state index is 12.1. The fourth-order valence-electron chi connectivity index (χ4n) is 2.79. The molecule has 10 heteroatoms. The molecule has 0 aliphatic carbocycles. The van der Waals surface area contributed by atoms with Crippen molar-refractivity contribution in [2.75, 3.05) is 26.4 Å². The van der Waals surface area contributed by atoms with E-state index in [9.17, 15) is 19.0 Å². The Morgan fingerprint density at radius 3 is 2.00 bits per heavy atom. The van der Waals surface area contributed by atoms with E-state index in [0.29, 0.717) is 6.42 Å². The molecule has 0 fully saturated rings. The quantitative estimate of drug-likeness (QED) is 0.144. The molecule has 31 heavy (non-hydrogen) atoms. The molecule has 2 atom stereocenters. The molecule has 0 rings (SSSR count). The third kappa shape index (κ3) is 19.4. The molecule has 0 aromatic rings. The predicted molar refractivity (Wildman–Crippen MR) is 118 cm³/mol. The monoisotopic (exact) mass is 467 g/mol. The van der Waals surface area contributed by atoms with Gasteiger partial charge in [-0.05, 0) is 6.42 Å². The summed E-state index contributed by atoms with van der Waals surface area (Å²) >= 11 is 0. The van der Waals surface area contributed by atoms with Crippen LogP contribution < -0.4 is 5.73 Å². The first-order chi connectivity index (χ1) is 14.8. The number of phosphoric ester groups is 1.